The summed E-state index contributed by atoms with van der Waals surface area (Å²) < 4.78 is 0. The van der Waals surface area contributed by atoms with E-state index in [1.165, 1.54) is 25.7 Å². The second kappa shape index (κ2) is 4.98. The van der Waals surface area contributed by atoms with Crippen LogP contribution in [0, 0.1) is 28.6 Å². The average Bonchev–Trinajstić information content (AvgIpc) is 2.22. The van der Waals surface area contributed by atoms with Gasteiger partial charge in [-0.1, -0.05) is 20.8 Å². The summed E-state index contributed by atoms with van der Waals surface area (Å²) in [4.78, 5) is 0. The Morgan fingerprint density at radius 3 is 1.71 bits per heavy atom. The third-order valence-corrected chi connectivity index (χ3v) is 6.58. The van der Waals surface area contributed by atoms with Gasteiger partial charge in [0.25, 0.3) is 0 Å². The van der Waals surface area contributed by atoms with Crippen molar-refractivity contribution < 1.29 is 0 Å². The van der Waals surface area contributed by atoms with Gasteiger partial charge in [0.1, 0.15) is 0 Å². The molecule has 1 unspecified atom stereocenters. The van der Waals surface area contributed by atoms with E-state index >= 15 is 0 Å². The summed E-state index contributed by atoms with van der Waals surface area (Å²) in [5.74, 6) is 3.18. The predicted molar refractivity (Wildman–Crippen MR) is 91.4 cm³/mol. The molecule has 0 radical (unpaired) electrons. The number of nitrogens with one attached hydrogen (secondary N) is 1. The van der Waals surface area contributed by atoms with Crippen molar-refractivity contribution in [3.8, 4) is 0 Å². The molecule has 4 fully saturated rings. The minimum atomic E-state index is 0.251. The van der Waals surface area contributed by atoms with E-state index in [1.807, 2.05) is 0 Å². The highest BCUT2D eigenvalue weighted by molar-refractivity contribution is 5.06. The summed E-state index contributed by atoms with van der Waals surface area (Å²) in [6, 6.07) is 0.684. The summed E-state index contributed by atoms with van der Waals surface area (Å²) in [5, 5.41) is 4.07. The standard InChI is InChI=1S/C20H37N/c1-14(21-19(5,6)13-18(2,3)4)20-10-15-7-16(11-20)9-17(8-15)12-20/h14-17,21H,7-13H2,1-6H3. The quantitative estimate of drug-likeness (QED) is 0.731. The van der Waals surface area contributed by atoms with Gasteiger partial charge >= 0.3 is 0 Å². The van der Waals surface area contributed by atoms with E-state index < -0.39 is 0 Å². The molecule has 0 spiro atoms. The van der Waals surface area contributed by atoms with E-state index in [2.05, 4.69) is 46.9 Å². The molecule has 0 aromatic rings. The van der Waals surface area contributed by atoms with Crippen LogP contribution in [0.3, 0.4) is 0 Å². The Bertz CT molecular complexity index is 352. The first-order chi connectivity index (χ1) is 9.57. The van der Waals surface area contributed by atoms with E-state index in [0.29, 0.717) is 16.9 Å². The van der Waals surface area contributed by atoms with Crippen LogP contribution in [-0.2, 0) is 0 Å². The molecule has 1 N–H and O–H groups in total. The van der Waals surface area contributed by atoms with Crippen molar-refractivity contribution in [3.63, 3.8) is 0 Å². The Kier molecular flexibility index (Phi) is 3.76. The van der Waals surface area contributed by atoms with Crippen LogP contribution in [0.15, 0.2) is 0 Å². The SMILES string of the molecule is CC(NC(C)(C)CC(C)(C)C)C12CC3CC(CC(C3)C1)C2. The van der Waals surface area contributed by atoms with E-state index in [4.69, 9.17) is 0 Å². The monoisotopic (exact) mass is 291 g/mol. The molecule has 4 aliphatic rings. The molecule has 4 aliphatic carbocycles. The van der Waals surface area contributed by atoms with Crippen molar-refractivity contribution in [2.24, 2.45) is 28.6 Å². The van der Waals surface area contributed by atoms with Crippen LogP contribution in [0.1, 0.15) is 86.5 Å². The maximum absolute atomic E-state index is 4.07. The van der Waals surface area contributed by atoms with E-state index in [9.17, 15) is 0 Å². The van der Waals surface area contributed by atoms with Crippen LogP contribution in [0.25, 0.3) is 0 Å². The second-order valence-corrected chi connectivity index (χ2v) is 10.8. The first kappa shape index (κ1) is 15.8. The number of hydrogen-bond donors (Lipinski definition) is 1. The number of hydrogen-bond acceptors (Lipinski definition) is 1. The third-order valence-electron chi connectivity index (χ3n) is 6.58. The van der Waals surface area contributed by atoms with Crippen LogP contribution >= 0.6 is 0 Å². The van der Waals surface area contributed by atoms with Crippen molar-refractivity contribution in [2.75, 3.05) is 0 Å². The lowest BCUT2D eigenvalue weighted by molar-refractivity contribution is -0.0755. The Balaban J connectivity index is 1.69. The molecule has 0 aromatic heterocycles. The van der Waals surface area contributed by atoms with Gasteiger partial charge in [-0.15, -0.1) is 0 Å². The van der Waals surface area contributed by atoms with Gasteiger partial charge in [-0.05, 0) is 94.3 Å². The van der Waals surface area contributed by atoms with Gasteiger partial charge in [0.2, 0.25) is 0 Å². The lowest BCUT2D eigenvalue weighted by atomic mass is 9.48. The lowest BCUT2D eigenvalue weighted by Gasteiger charge is -2.60. The van der Waals surface area contributed by atoms with E-state index in [-0.39, 0.29) is 5.54 Å². The zero-order valence-corrected chi connectivity index (χ0v) is 15.3. The molecule has 21 heavy (non-hydrogen) atoms. The largest absolute Gasteiger partial charge is 0.309 e. The highest BCUT2D eigenvalue weighted by Crippen LogP contribution is 2.61. The summed E-state index contributed by atoms with van der Waals surface area (Å²) in [6.45, 7) is 14.4. The van der Waals surface area contributed by atoms with Gasteiger partial charge in [0, 0.05) is 11.6 Å². The van der Waals surface area contributed by atoms with Gasteiger partial charge in [-0.2, -0.15) is 0 Å². The fraction of sp³-hybridized carbons (Fsp3) is 1.00. The summed E-state index contributed by atoms with van der Waals surface area (Å²) in [7, 11) is 0. The van der Waals surface area contributed by atoms with Crippen molar-refractivity contribution in [3.05, 3.63) is 0 Å². The van der Waals surface area contributed by atoms with Crippen LogP contribution in [-0.4, -0.2) is 11.6 Å². The first-order valence-electron chi connectivity index (χ1n) is 9.35. The summed E-state index contributed by atoms with van der Waals surface area (Å²) in [5.41, 5.74) is 1.28. The minimum Gasteiger partial charge on any atom is -0.309 e. The second-order valence-electron chi connectivity index (χ2n) is 10.8. The predicted octanol–water partition coefficient (Wildman–Crippen LogP) is 5.40. The van der Waals surface area contributed by atoms with Crippen molar-refractivity contribution in [1.29, 1.82) is 0 Å². The van der Waals surface area contributed by atoms with Crippen LogP contribution in [0.5, 0.6) is 0 Å². The normalized spacial score (nSPS) is 40.6. The first-order valence-corrected chi connectivity index (χ1v) is 9.35. The van der Waals surface area contributed by atoms with Gasteiger partial charge in [0.15, 0.2) is 0 Å². The molecular weight excluding hydrogens is 254 g/mol. The summed E-state index contributed by atoms with van der Waals surface area (Å²) in [6.07, 6.45) is 10.4. The molecule has 0 saturated heterocycles. The molecule has 0 heterocycles. The summed E-state index contributed by atoms with van der Waals surface area (Å²) >= 11 is 0. The molecule has 1 atom stereocenters. The Hall–Kier alpha value is -0.0400. The van der Waals surface area contributed by atoms with E-state index in [0.717, 1.165) is 17.8 Å². The number of rotatable bonds is 4. The molecule has 1 nitrogen and oxygen atoms in total. The van der Waals surface area contributed by atoms with Gasteiger partial charge in [-0.3, -0.25) is 0 Å². The van der Waals surface area contributed by atoms with Crippen LogP contribution in [0.2, 0.25) is 0 Å². The van der Waals surface area contributed by atoms with E-state index in [1.54, 1.807) is 19.3 Å². The van der Waals surface area contributed by atoms with Crippen LogP contribution < -0.4 is 5.32 Å². The molecule has 0 amide bonds. The molecule has 0 aliphatic heterocycles. The fourth-order valence-electron chi connectivity index (χ4n) is 6.82. The topological polar surface area (TPSA) is 12.0 Å². The van der Waals surface area contributed by atoms with Gasteiger partial charge < -0.3 is 5.32 Å². The zero-order valence-electron chi connectivity index (χ0n) is 15.3. The Morgan fingerprint density at radius 1 is 0.905 bits per heavy atom. The van der Waals surface area contributed by atoms with Crippen molar-refractivity contribution in [2.45, 2.75) is 98.1 Å². The Labute approximate surface area is 132 Å². The fourth-order valence-corrected chi connectivity index (χ4v) is 6.82. The highest BCUT2D eigenvalue weighted by Gasteiger charge is 2.53. The Morgan fingerprint density at radius 2 is 1.33 bits per heavy atom. The van der Waals surface area contributed by atoms with Gasteiger partial charge in [0.05, 0.1) is 0 Å². The third kappa shape index (κ3) is 3.33. The van der Waals surface area contributed by atoms with Gasteiger partial charge in [-0.25, -0.2) is 0 Å². The molecular formula is C20H37N. The van der Waals surface area contributed by atoms with Crippen molar-refractivity contribution in [1.82, 2.24) is 5.32 Å². The molecule has 4 bridgehead atoms. The average molecular weight is 292 g/mol. The minimum absolute atomic E-state index is 0.251. The molecule has 4 saturated carbocycles. The maximum Gasteiger partial charge on any atom is 0.0132 e. The zero-order chi connectivity index (χ0) is 15.5. The molecule has 122 valence electrons. The highest BCUT2D eigenvalue weighted by atomic mass is 15.0. The maximum atomic E-state index is 4.07. The lowest BCUT2D eigenvalue weighted by Crippen LogP contribution is -2.59. The van der Waals surface area contributed by atoms with Crippen LogP contribution in [0.4, 0.5) is 0 Å². The molecule has 4 rings (SSSR count). The molecule has 0 aromatic carbocycles. The van der Waals surface area contributed by atoms with Crippen molar-refractivity contribution >= 4 is 0 Å². The molecule has 1 heteroatoms. The smallest absolute Gasteiger partial charge is 0.0132 e.